The van der Waals surface area contributed by atoms with Crippen molar-refractivity contribution >= 4 is 11.8 Å². The number of rotatable bonds is 1. The number of nitrogens with zero attached hydrogens (tertiary/aromatic N) is 1. The third-order valence-corrected chi connectivity index (χ3v) is 1.97. The molecule has 1 heterocycles. The molecular formula is C8H14N2O2. The maximum Gasteiger partial charge on any atom is 0.245 e. The van der Waals surface area contributed by atoms with Crippen LogP contribution >= 0.6 is 0 Å². The summed E-state index contributed by atoms with van der Waals surface area (Å²) in [6.45, 7) is 5.71. The molecule has 0 aromatic heterocycles. The number of amides is 2. The van der Waals surface area contributed by atoms with Crippen molar-refractivity contribution in [1.82, 2.24) is 10.2 Å². The molecule has 0 radical (unpaired) electrons. The van der Waals surface area contributed by atoms with Gasteiger partial charge in [-0.2, -0.15) is 0 Å². The Balaban J connectivity index is 2.73. The SMILES string of the molecule is CC(C)N1CC(=O)N[C@H](C)C1=O. The minimum atomic E-state index is -0.367. The lowest BCUT2D eigenvalue weighted by Crippen LogP contribution is -2.58. The molecule has 68 valence electrons. The summed E-state index contributed by atoms with van der Waals surface area (Å²) in [5.74, 6) is -0.0691. The summed E-state index contributed by atoms with van der Waals surface area (Å²) in [4.78, 5) is 24.0. The molecule has 1 aliphatic rings. The van der Waals surface area contributed by atoms with Gasteiger partial charge in [0.05, 0.1) is 6.54 Å². The van der Waals surface area contributed by atoms with Crippen molar-refractivity contribution in [1.29, 1.82) is 0 Å². The number of nitrogens with one attached hydrogen (secondary N) is 1. The molecule has 2 amide bonds. The fraction of sp³-hybridized carbons (Fsp3) is 0.750. The fourth-order valence-electron chi connectivity index (χ4n) is 1.27. The molecule has 0 saturated carbocycles. The molecule has 1 aliphatic heterocycles. The van der Waals surface area contributed by atoms with Crippen LogP contribution in [-0.4, -0.2) is 35.3 Å². The highest BCUT2D eigenvalue weighted by atomic mass is 16.2. The second-order valence-corrected chi connectivity index (χ2v) is 3.35. The van der Waals surface area contributed by atoms with Crippen molar-refractivity contribution in [3.05, 3.63) is 0 Å². The van der Waals surface area contributed by atoms with E-state index in [0.717, 1.165) is 0 Å². The highest BCUT2D eigenvalue weighted by Crippen LogP contribution is 2.05. The molecule has 0 bridgehead atoms. The van der Waals surface area contributed by atoms with Gasteiger partial charge in [0, 0.05) is 6.04 Å². The molecule has 1 atom stereocenters. The van der Waals surface area contributed by atoms with Crippen LogP contribution in [-0.2, 0) is 9.59 Å². The molecule has 1 N–H and O–H groups in total. The van der Waals surface area contributed by atoms with Crippen molar-refractivity contribution in [3.63, 3.8) is 0 Å². The normalized spacial score (nSPS) is 24.7. The van der Waals surface area contributed by atoms with Crippen LogP contribution in [0.1, 0.15) is 20.8 Å². The molecule has 0 aromatic rings. The van der Waals surface area contributed by atoms with Gasteiger partial charge in [-0.3, -0.25) is 9.59 Å². The van der Waals surface area contributed by atoms with Crippen molar-refractivity contribution in [2.24, 2.45) is 0 Å². The van der Waals surface area contributed by atoms with Crippen molar-refractivity contribution in [2.75, 3.05) is 6.54 Å². The predicted octanol–water partition coefficient (Wildman–Crippen LogP) is -0.258. The maximum absolute atomic E-state index is 11.4. The summed E-state index contributed by atoms with van der Waals surface area (Å²) in [5, 5.41) is 2.58. The zero-order valence-electron chi connectivity index (χ0n) is 7.63. The molecule has 0 aliphatic carbocycles. The Morgan fingerprint density at radius 3 is 2.58 bits per heavy atom. The Kier molecular flexibility index (Phi) is 2.35. The van der Waals surface area contributed by atoms with Gasteiger partial charge in [0.25, 0.3) is 0 Å². The van der Waals surface area contributed by atoms with E-state index in [1.54, 1.807) is 11.8 Å². The molecule has 0 spiro atoms. The van der Waals surface area contributed by atoms with Crippen LogP contribution in [0.25, 0.3) is 0 Å². The van der Waals surface area contributed by atoms with Gasteiger partial charge in [-0.1, -0.05) is 0 Å². The van der Waals surface area contributed by atoms with Crippen LogP contribution in [0.2, 0.25) is 0 Å². The average Bonchev–Trinajstić information content (AvgIpc) is 1.96. The van der Waals surface area contributed by atoms with Gasteiger partial charge in [0.2, 0.25) is 11.8 Å². The first-order chi connectivity index (χ1) is 5.52. The lowest BCUT2D eigenvalue weighted by atomic mass is 10.2. The number of piperazine rings is 1. The van der Waals surface area contributed by atoms with E-state index in [2.05, 4.69) is 5.32 Å². The Hall–Kier alpha value is -1.06. The number of carbonyl (C=O) groups excluding carboxylic acids is 2. The van der Waals surface area contributed by atoms with E-state index in [-0.39, 0.29) is 30.4 Å². The molecule has 4 heteroatoms. The van der Waals surface area contributed by atoms with Crippen LogP contribution in [0.5, 0.6) is 0 Å². The van der Waals surface area contributed by atoms with Gasteiger partial charge in [-0.15, -0.1) is 0 Å². The monoisotopic (exact) mass is 170 g/mol. The largest absolute Gasteiger partial charge is 0.343 e. The van der Waals surface area contributed by atoms with E-state index in [4.69, 9.17) is 0 Å². The van der Waals surface area contributed by atoms with E-state index in [9.17, 15) is 9.59 Å². The molecule has 1 rings (SSSR count). The summed E-state index contributed by atoms with van der Waals surface area (Å²) in [6, 6.07) is -0.264. The molecule has 1 saturated heterocycles. The summed E-state index contributed by atoms with van der Waals surface area (Å²) in [6.07, 6.45) is 0. The number of hydrogen-bond acceptors (Lipinski definition) is 2. The Bertz CT molecular complexity index is 213. The Labute approximate surface area is 71.9 Å². The molecule has 0 unspecified atom stereocenters. The van der Waals surface area contributed by atoms with E-state index in [1.807, 2.05) is 13.8 Å². The Morgan fingerprint density at radius 1 is 1.50 bits per heavy atom. The third-order valence-electron chi connectivity index (χ3n) is 1.97. The smallest absolute Gasteiger partial charge is 0.245 e. The molecule has 12 heavy (non-hydrogen) atoms. The van der Waals surface area contributed by atoms with Gasteiger partial charge in [-0.25, -0.2) is 0 Å². The number of carbonyl (C=O) groups is 2. The first-order valence-electron chi connectivity index (χ1n) is 4.12. The van der Waals surface area contributed by atoms with Crippen LogP contribution in [0.15, 0.2) is 0 Å². The summed E-state index contributed by atoms with van der Waals surface area (Å²) < 4.78 is 0. The minimum absolute atomic E-state index is 0.00426. The van der Waals surface area contributed by atoms with Crippen LogP contribution < -0.4 is 5.32 Å². The van der Waals surface area contributed by atoms with Gasteiger partial charge < -0.3 is 10.2 Å². The quantitative estimate of drug-likeness (QED) is 0.589. The number of hydrogen-bond donors (Lipinski definition) is 1. The molecule has 4 nitrogen and oxygen atoms in total. The van der Waals surface area contributed by atoms with E-state index in [1.165, 1.54) is 0 Å². The van der Waals surface area contributed by atoms with Crippen LogP contribution in [0.3, 0.4) is 0 Å². The van der Waals surface area contributed by atoms with Crippen molar-refractivity contribution in [2.45, 2.75) is 32.9 Å². The predicted molar refractivity (Wildman–Crippen MR) is 44.5 cm³/mol. The zero-order valence-corrected chi connectivity index (χ0v) is 7.63. The highest BCUT2D eigenvalue weighted by Gasteiger charge is 2.30. The standard InChI is InChI=1S/C8H14N2O2/c1-5(2)10-4-7(11)9-6(3)8(10)12/h5-6H,4H2,1-3H3,(H,9,11)/t6-/m1/s1. The van der Waals surface area contributed by atoms with Gasteiger partial charge >= 0.3 is 0 Å². The van der Waals surface area contributed by atoms with Gasteiger partial charge in [0.1, 0.15) is 6.04 Å². The third kappa shape index (κ3) is 1.57. The second kappa shape index (κ2) is 3.13. The first kappa shape index (κ1) is 9.03. The zero-order chi connectivity index (χ0) is 9.30. The highest BCUT2D eigenvalue weighted by molar-refractivity contribution is 5.94. The van der Waals surface area contributed by atoms with Crippen molar-refractivity contribution < 1.29 is 9.59 Å². The molecule has 1 fully saturated rings. The van der Waals surface area contributed by atoms with Crippen LogP contribution in [0.4, 0.5) is 0 Å². The van der Waals surface area contributed by atoms with Gasteiger partial charge in [0.15, 0.2) is 0 Å². The average molecular weight is 170 g/mol. The minimum Gasteiger partial charge on any atom is -0.343 e. The molecule has 0 aromatic carbocycles. The van der Waals surface area contributed by atoms with Crippen LogP contribution in [0, 0.1) is 0 Å². The first-order valence-corrected chi connectivity index (χ1v) is 4.12. The summed E-state index contributed by atoms with van der Waals surface area (Å²) >= 11 is 0. The second-order valence-electron chi connectivity index (χ2n) is 3.35. The Morgan fingerprint density at radius 2 is 2.08 bits per heavy atom. The fourth-order valence-corrected chi connectivity index (χ4v) is 1.27. The summed E-state index contributed by atoms with van der Waals surface area (Å²) in [7, 11) is 0. The lowest BCUT2D eigenvalue weighted by Gasteiger charge is -2.33. The van der Waals surface area contributed by atoms with E-state index >= 15 is 0 Å². The van der Waals surface area contributed by atoms with E-state index < -0.39 is 0 Å². The van der Waals surface area contributed by atoms with E-state index in [0.29, 0.717) is 0 Å². The van der Waals surface area contributed by atoms with Gasteiger partial charge in [-0.05, 0) is 20.8 Å². The maximum atomic E-state index is 11.4. The summed E-state index contributed by atoms with van der Waals surface area (Å²) in [5.41, 5.74) is 0. The van der Waals surface area contributed by atoms with Crippen molar-refractivity contribution in [3.8, 4) is 0 Å². The molecular weight excluding hydrogens is 156 g/mol. The lowest BCUT2D eigenvalue weighted by molar-refractivity contribution is -0.145. The topological polar surface area (TPSA) is 49.4 Å².